The van der Waals surface area contributed by atoms with Gasteiger partial charge in [0.2, 0.25) is 0 Å². The molecule has 1 aromatic heterocycles. The van der Waals surface area contributed by atoms with Crippen molar-refractivity contribution in [3.8, 4) is 17.2 Å². The summed E-state index contributed by atoms with van der Waals surface area (Å²) in [6, 6.07) is 4.97. The predicted molar refractivity (Wildman–Crippen MR) is 99.6 cm³/mol. The minimum atomic E-state index is -0.790. The van der Waals surface area contributed by atoms with Crippen molar-refractivity contribution in [2.24, 2.45) is 0 Å². The number of ether oxygens (including phenoxy) is 3. The number of carboxylic acids is 1. The Kier molecular flexibility index (Phi) is 5.68. The first-order valence-corrected chi connectivity index (χ1v) is 9.35. The Morgan fingerprint density at radius 2 is 1.88 bits per heavy atom. The molecule has 1 aliphatic heterocycles. The molecule has 26 heavy (non-hydrogen) atoms. The number of carbonyl (C=O) groups is 1. The number of benzene rings is 1. The molecule has 0 aliphatic carbocycles. The second-order valence-corrected chi connectivity index (χ2v) is 6.92. The molecule has 3 rings (SSSR count). The summed E-state index contributed by atoms with van der Waals surface area (Å²) in [7, 11) is 4.77. The van der Waals surface area contributed by atoms with Gasteiger partial charge in [0, 0.05) is 18.2 Å². The topological polar surface area (TPSA) is 68.2 Å². The Hall–Kier alpha value is -2.25. The summed E-state index contributed by atoms with van der Waals surface area (Å²) >= 11 is 1.59. The highest BCUT2D eigenvalue weighted by molar-refractivity contribution is 7.08. The lowest BCUT2D eigenvalue weighted by Gasteiger charge is -2.32. The van der Waals surface area contributed by atoms with Crippen molar-refractivity contribution in [3.05, 3.63) is 40.1 Å². The lowest BCUT2D eigenvalue weighted by atomic mass is 9.97. The van der Waals surface area contributed by atoms with Crippen LogP contribution in [0.4, 0.5) is 0 Å². The van der Waals surface area contributed by atoms with Gasteiger partial charge in [-0.3, -0.25) is 9.69 Å². The third kappa shape index (κ3) is 3.37. The number of thiophene rings is 1. The molecule has 140 valence electrons. The minimum absolute atomic E-state index is 0.223. The summed E-state index contributed by atoms with van der Waals surface area (Å²) in [6.45, 7) is 0.717. The van der Waals surface area contributed by atoms with E-state index < -0.39 is 12.0 Å². The molecule has 6 nitrogen and oxygen atoms in total. The molecule has 0 amide bonds. The molecule has 0 radical (unpaired) electrons. The summed E-state index contributed by atoms with van der Waals surface area (Å²) < 4.78 is 16.5. The number of rotatable bonds is 7. The number of hydrogen-bond acceptors (Lipinski definition) is 6. The lowest BCUT2D eigenvalue weighted by molar-refractivity contribution is -0.142. The average molecular weight is 377 g/mol. The zero-order valence-electron chi connectivity index (χ0n) is 15.1. The van der Waals surface area contributed by atoms with Crippen LogP contribution in [0.2, 0.25) is 0 Å². The van der Waals surface area contributed by atoms with Crippen molar-refractivity contribution in [1.82, 2.24) is 4.90 Å². The number of aliphatic carboxylic acids is 1. The third-order valence-electron chi connectivity index (χ3n) is 4.80. The van der Waals surface area contributed by atoms with Crippen molar-refractivity contribution in [2.45, 2.75) is 24.9 Å². The van der Waals surface area contributed by atoms with Gasteiger partial charge in [0.05, 0.1) is 27.4 Å². The highest BCUT2D eigenvalue weighted by Gasteiger charge is 2.38. The molecule has 7 heteroatoms. The Balaban J connectivity index is 2.15. The number of nitrogens with zero attached hydrogens (tertiary/aromatic N) is 1. The van der Waals surface area contributed by atoms with Crippen LogP contribution in [0.1, 0.15) is 30.0 Å². The fourth-order valence-corrected chi connectivity index (χ4v) is 4.29. The zero-order chi connectivity index (χ0) is 18.7. The van der Waals surface area contributed by atoms with Gasteiger partial charge in [-0.1, -0.05) is 0 Å². The van der Waals surface area contributed by atoms with Gasteiger partial charge >= 0.3 is 5.97 Å². The first-order chi connectivity index (χ1) is 12.6. The van der Waals surface area contributed by atoms with E-state index in [-0.39, 0.29) is 6.04 Å². The molecule has 0 saturated carbocycles. The summed E-state index contributed by atoms with van der Waals surface area (Å²) in [5.74, 6) is 1.03. The maximum atomic E-state index is 11.8. The molecule has 2 aromatic rings. The molecule has 0 bridgehead atoms. The van der Waals surface area contributed by atoms with Crippen molar-refractivity contribution in [2.75, 3.05) is 27.9 Å². The van der Waals surface area contributed by atoms with E-state index in [4.69, 9.17) is 14.2 Å². The molecule has 2 atom stereocenters. The van der Waals surface area contributed by atoms with E-state index in [1.54, 1.807) is 38.7 Å². The van der Waals surface area contributed by atoms with Crippen LogP contribution in [-0.4, -0.2) is 49.9 Å². The van der Waals surface area contributed by atoms with Crippen LogP contribution in [0.25, 0.3) is 0 Å². The largest absolute Gasteiger partial charge is 0.496 e. The maximum absolute atomic E-state index is 11.8. The minimum Gasteiger partial charge on any atom is -0.496 e. The van der Waals surface area contributed by atoms with Gasteiger partial charge in [-0.05, 0) is 41.3 Å². The zero-order valence-corrected chi connectivity index (χ0v) is 15.9. The lowest BCUT2D eigenvalue weighted by Crippen LogP contribution is -2.39. The van der Waals surface area contributed by atoms with Crippen LogP contribution < -0.4 is 14.2 Å². The van der Waals surface area contributed by atoms with Crippen molar-refractivity contribution < 1.29 is 24.1 Å². The maximum Gasteiger partial charge on any atom is 0.320 e. The molecule has 1 N–H and O–H groups in total. The van der Waals surface area contributed by atoms with Gasteiger partial charge in [-0.2, -0.15) is 11.3 Å². The smallest absolute Gasteiger partial charge is 0.320 e. The fraction of sp³-hybridized carbons (Fsp3) is 0.421. The number of carboxylic acid groups (broad SMARTS) is 1. The third-order valence-corrected chi connectivity index (χ3v) is 5.50. The van der Waals surface area contributed by atoms with E-state index in [0.29, 0.717) is 23.7 Å². The molecule has 2 unspecified atom stereocenters. The van der Waals surface area contributed by atoms with E-state index in [1.807, 2.05) is 22.4 Å². The summed E-state index contributed by atoms with van der Waals surface area (Å²) in [5, 5.41) is 13.7. The predicted octanol–water partition coefficient (Wildman–Crippen LogP) is 3.41. The van der Waals surface area contributed by atoms with Crippen molar-refractivity contribution >= 4 is 17.3 Å². The van der Waals surface area contributed by atoms with Crippen molar-refractivity contribution in [3.63, 3.8) is 0 Å². The molecule has 0 spiro atoms. The second kappa shape index (κ2) is 7.97. The average Bonchev–Trinajstić information content (AvgIpc) is 3.34. The highest BCUT2D eigenvalue weighted by Crippen LogP contribution is 2.44. The van der Waals surface area contributed by atoms with Gasteiger partial charge in [0.15, 0.2) is 11.5 Å². The van der Waals surface area contributed by atoms with Gasteiger partial charge in [0.1, 0.15) is 11.8 Å². The van der Waals surface area contributed by atoms with Crippen LogP contribution in [0.3, 0.4) is 0 Å². The van der Waals surface area contributed by atoms with Gasteiger partial charge in [0.25, 0.3) is 0 Å². The number of hydrogen-bond donors (Lipinski definition) is 1. The molecular formula is C19H23NO5S. The fourth-order valence-electron chi connectivity index (χ4n) is 3.61. The standard InChI is InChI=1S/C19H23NO5S/c1-23-15-10-17(25-3)16(24-2)9-13(15)18(12-6-8-26-11-12)20-7-4-5-14(20)19(21)22/h6,8-11,14,18H,4-5,7H2,1-3H3,(H,21,22). The quantitative estimate of drug-likeness (QED) is 0.797. The van der Waals surface area contributed by atoms with E-state index in [1.165, 1.54) is 0 Å². The first kappa shape index (κ1) is 18.5. The van der Waals surface area contributed by atoms with Crippen molar-refractivity contribution in [1.29, 1.82) is 0 Å². The molecule has 1 saturated heterocycles. The van der Waals surface area contributed by atoms with Crippen LogP contribution in [-0.2, 0) is 4.79 Å². The van der Waals surface area contributed by atoms with Crippen LogP contribution in [0.5, 0.6) is 17.2 Å². The van der Waals surface area contributed by atoms with Crippen LogP contribution >= 0.6 is 11.3 Å². The van der Waals surface area contributed by atoms with Gasteiger partial charge in [-0.15, -0.1) is 0 Å². The SMILES string of the molecule is COc1cc(OC)c(C(c2ccsc2)N2CCCC2C(=O)O)cc1OC. The normalized spacial score (nSPS) is 18.5. The van der Waals surface area contributed by atoms with Crippen LogP contribution in [0.15, 0.2) is 29.0 Å². The summed E-state index contributed by atoms with van der Waals surface area (Å²) in [6.07, 6.45) is 1.50. The first-order valence-electron chi connectivity index (χ1n) is 8.41. The Morgan fingerprint density at radius 3 is 2.46 bits per heavy atom. The van der Waals surface area contributed by atoms with Gasteiger partial charge < -0.3 is 19.3 Å². The Labute approximate surface area is 156 Å². The Morgan fingerprint density at radius 1 is 1.19 bits per heavy atom. The monoisotopic (exact) mass is 377 g/mol. The van der Waals surface area contributed by atoms with Crippen LogP contribution in [0, 0.1) is 0 Å². The van der Waals surface area contributed by atoms with Gasteiger partial charge in [-0.25, -0.2) is 0 Å². The van der Waals surface area contributed by atoms with E-state index >= 15 is 0 Å². The highest BCUT2D eigenvalue weighted by atomic mass is 32.1. The number of methoxy groups -OCH3 is 3. The van der Waals surface area contributed by atoms with E-state index in [0.717, 1.165) is 24.1 Å². The molecule has 1 aliphatic rings. The summed E-state index contributed by atoms with van der Waals surface area (Å²) in [5.41, 5.74) is 1.92. The molecular weight excluding hydrogens is 354 g/mol. The number of likely N-dealkylation sites (tertiary alicyclic amines) is 1. The second-order valence-electron chi connectivity index (χ2n) is 6.14. The Bertz CT molecular complexity index is 762. The summed E-state index contributed by atoms with van der Waals surface area (Å²) in [4.78, 5) is 13.8. The van der Waals surface area contributed by atoms with E-state index in [9.17, 15) is 9.90 Å². The molecule has 2 heterocycles. The molecule has 1 aromatic carbocycles. The molecule has 1 fully saturated rings. The van der Waals surface area contributed by atoms with E-state index in [2.05, 4.69) is 5.38 Å².